The van der Waals surface area contributed by atoms with Gasteiger partial charge in [-0.05, 0) is 42.2 Å². The van der Waals surface area contributed by atoms with Crippen LogP contribution < -0.4 is 10.1 Å². The topological polar surface area (TPSA) is 97.8 Å². The van der Waals surface area contributed by atoms with Crippen molar-refractivity contribution in [1.29, 1.82) is 0 Å². The van der Waals surface area contributed by atoms with E-state index in [1.165, 1.54) is 0 Å². The molecule has 2 N–H and O–H groups in total. The van der Waals surface area contributed by atoms with Crippen molar-refractivity contribution in [2.24, 2.45) is 5.92 Å². The van der Waals surface area contributed by atoms with Gasteiger partial charge in [0.25, 0.3) is 0 Å². The molecule has 134 valence electrons. The molecular weight excluding hydrogens is 336 g/mol. The van der Waals surface area contributed by atoms with Crippen molar-refractivity contribution in [1.82, 2.24) is 4.98 Å². The molecule has 26 heavy (non-hydrogen) atoms. The largest absolute Gasteiger partial charge is 0.479 e. The van der Waals surface area contributed by atoms with Gasteiger partial charge in [-0.25, -0.2) is 9.78 Å². The van der Waals surface area contributed by atoms with Gasteiger partial charge >= 0.3 is 5.97 Å². The van der Waals surface area contributed by atoms with Gasteiger partial charge in [-0.1, -0.05) is 6.07 Å². The van der Waals surface area contributed by atoms with Crippen LogP contribution in [0, 0.1) is 5.92 Å². The summed E-state index contributed by atoms with van der Waals surface area (Å²) in [7, 11) is 0. The van der Waals surface area contributed by atoms with Gasteiger partial charge in [-0.2, -0.15) is 0 Å². The van der Waals surface area contributed by atoms with Crippen LogP contribution in [0.15, 0.2) is 36.5 Å². The molecule has 7 heteroatoms. The van der Waals surface area contributed by atoms with Crippen molar-refractivity contribution in [3.05, 3.63) is 47.7 Å². The minimum Gasteiger partial charge on any atom is -0.479 e. The number of rotatable bonds is 5. The Labute approximate surface area is 150 Å². The molecule has 1 aliphatic carbocycles. The fourth-order valence-corrected chi connectivity index (χ4v) is 2.86. The average Bonchev–Trinajstić information content (AvgIpc) is 3.46. The summed E-state index contributed by atoms with van der Waals surface area (Å²) in [6.45, 7) is 0.277. The lowest BCUT2D eigenvalue weighted by atomic mass is 9.99. The van der Waals surface area contributed by atoms with Crippen LogP contribution in [0.1, 0.15) is 24.0 Å². The predicted molar refractivity (Wildman–Crippen MR) is 92.0 cm³/mol. The molecule has 1 aromatic heterocycles. The number of pyridine rings is 1. The second-order valence-corrected chi connectivity index (χ2v) is 6.51. The number of aliphatic carboxylic acids is 1. The number of anilines is 1. The zero-order valence-corrected chi connectivity index (χ0v) is 14.0. The zero-order chi connectivity index (χ0) is 18.1. The minimum atomic E-state index is -0.966. The van der Waals surface area contributed by atoms with Crippen LogP contribution in [0.2, 0.25) is 0 Å². The van der Waals surface area contributed by atoms with Crippen LogP contribution >= 0.6 is 0 Å². The van der Waals surface area contributed by atoms with Gasteiger partial charge in [-0.15, -0.1) is 0 Å². The van der Waals surface area contributed by atoms with E-state index in [9.17, 15) is 9.59 Å². The number of ether oxygens (including phenoxy) is 2. The molecule has 1 amide bonds. The number of carbonyl (C=O) groups is 2. The normalized spacial score (nSPS) is 18.7. The number of hydrogen-bond donors (Lipinski definition) is 2. The first-order valence-electron chi connectivity index (χ1n) is 8.49. The van der Waals surface area contributed by atoms with Crippen LogP contribution in [-0.2, 0) is 27.4 Å². The number of amides is 1. The number of aromatic nitrogens is 1. The molecule has 1 aromatic carbocycles. The highest BCUT2D eigenvalue weighted by molar-refractivity contribution is 5.93. The van der Waals surface area contributed by atoms with Gasteiger partial charge in [0.2, 0.25) is 5.91 Å². The quantitative estimate of drug-likeness (QED) is 0.857. The summed E-state index contributed by atoms with van der Waals surface area (Å²) in [5, 5.41) is 11.9. The van der Waals surface area contributed by atoms with Gasteiger partial charge in [0, 0.05) is 24.6 Å². The summed E-state index contributed by atoms with van der Waals surface area (Å²) in [6.07, 6.45) is 2.91. The highest BCUT2D eigenvalue weighted by Crippen LogP contribution is 2.31. The molecule has 4 rings (SSSR count). The lowest BCUT2D eigenvalue weighted by molar-refractivity contribution is -0.152. The standard InChI is InChI=1S/C19H18N2O5/c22-18(11-1-2-11)21-17-9-15(5-6-20-17)26-14-4-3-12-10-25-16(19(23)24)8-13(12)7-14/h3-7,9,11,16H,1-2,8,10H2,(H,23,24)(H,20,21,22). The maximum atomic E-state index is 11.8. The Balaban J connectivity index is 1.48. The van der Waals surface area contributed by atoms with Crippen molar-refractivity contribution in [3.8, 4) is 11.5 Å². The Kier molecular flexibility index (Phi) is 4.30. The van der Waals surface area contributed by atoms with Crippen LogP contribution in [0.4, 0.5) is 5.82 Å². The first-order chi connectivity index (χ1) is 12.6. The Morgan fingerprint density at radius 2 is 1.96 bits per heavy atom. The number of benzene rings is 1. The monoisotopic (exact) mass is 354 g/mol. The smallest absolute Gasteiger partial charge is 0.333 e. The molecule has 2 aliphatic rings. The van der Waals surface area contributed by atoms with Crippen molar-refractivity contribution in [2.75, 3.05) is 5.32 Å². The first-order valence-corrected chi connectivity index (χ1v) is 8.49. The summed E-state index contributed by atoms with van der Waals surface area (Å²) in [4.78, 5) is 27.1. The summed E-state index contributed by atoms with van der Waals surface area (Å²) in [5.74, 6) is 0.728. The Bertz CT molecular complexity index is 863. The lowest BCUT2D eigenvalue weighted by Crippen LogP contribution is -2.30. The average molecular weight is 354 g/mol. The van der Waals surface area contributed by atoms with Crippen LogP contribution in [0.3, 0.4) is 0 Å². The summed E-state index contributed by atoms with van der Waals surface area (Å²) in [5.41, 5.74) is 1.86. The number of carbonyl (C=O) groups excluding carboxylic acids is 1. The van der Waals surface area contributed by atoms with E-state index in [4.69, 9.17) is 14.6 Å². The van der Waals surface area contributed by atoms with E-state index in [1.807, 2.05) is 18.2 Å². The predicted octanol–water partition coefficient (Wildman–Crippen LogP) is 2.75. The molecular formula is C19H18N2O5. The highest BCUT2D eigenvalue weighted by atomic mass is 16.5. The van der Waals surface area contributed by atoms with Crippen molar-refractivity contribution < 1.29 is 24.2 Å². The SMILES string of the molecule is O=C(Nc1cc(Oc2ccc3c(c2)CC(C(=O)O)OC3)ccn1)C1CC1. The maximum Gasteiger partial charge on any atom is 0.333 e. The number of hydrogen-bond acceptors (Lipinski definition) is 5. The maximum absolute atomic E-state index is 11.8. The highest BCUT2D eigenvalue weighted by Gasteiger charge is 2.30. The third-order valence-corrected chi connectivity index (χ3v) is 4.47. The molecule has 2 heterocycles. The van der Waals surface area contributed by atoms with Crippen LogP contribution in [0.25, 0.3) is 0 Å². The minimum absolute atomic E-state index is 0.0110. The molecule has 2 aromatic rings. The Hall–Kier alpha value is -2.93. The number of fused-ring (bicyclic) bond motifs is 1. The molecule has 0 saturated heterocycles. The zero-order valence-electron chi connectivity index (χ0n) is 14.0. The molecule has 1 unspecified atom stereocenters. The number of nitrogens with one attached hydrogen (secondary N) is 1. The fraction of sp³-hybridized carbons (Fsp3) is 0.316. The molecule has 1 aliphatic heterocycles. The Morgan fingerprint density at radius 1 is 1.15 bits per heavy atom. The second-order valence-electron chi connectivity index (χ2n) is 6.51. The van der Waals surface area contributed by atoms with Gasteiger partial charge in [0.1, 0.15) is 17.3 Å². The molecule has 1 saturated carbocycles. The van der Waals surface area contributed by atoms with E-state index in [2.05, 4.69) is 10.3 Å². The van der Waals surface area contributed by atoms with Crippen LogP contribution in [0.5, 0.6) is 11.5 Å². The molecule has 0 bridgehead atoms. The lowest BCUT2D eigenvalue weighted by Gasteiger charge is -2.22. The third-order valence-electron chi connectivity index (χ3n) is 4.47. The van der Waals surface area contributed by atoms with Crippen molar-refractivity contribution in [3.63, 3.8) is 0 Å². The first kappa shape index (κ1) is 16.5. The molecule has 0 radical (unpaired) electrons. The number of carboxylic acids is 1. The van der Waals surface area contributed by atoms with Gasteiger partial charge in [-0.3, -0.25) is 4.79 Å². The summed E-state index contributed by atoms with van der Waals surface area (Å²) < 4.78 is 11.2. The molecule has 7 nitrogen and oxygen atoms in total. The number of nitrogens with zero attached hydrogens (tertiary/aromatic N) is 1. The van der Waals surface area contributed by atoms with Crippen molar-refractivity contribution >= 4 is 17.7 Å². The van der Waals surface area contributed by atoms with Crippen molar-refractivity contribution in [2.45, 2.75) is 32.0 Å². The number of carboxylic acid groups (broad SMARTS) is 1. The fourth-order valence-electron chi connectivity index (χ4n) is 2.86. The van der Waals surface area contributed by atoms with E-state index >= 15 is 0 Å². The van der Waals surface area contributed by atoms with Gasteiger partial charge in [0.15, 0.2) is 6.10 Å². The molecule has 1 fully saturated rings. The molecule has 1 atom stereocenters. The van der Waals surface area contributed by atoms with E-state index in [1.54, 1.807) is 18.3 Å². The summed E-state index contributed by atoms with van der Waals surface area (Å²) in [6, 6.07) is 8.89. The molecule has 0 spiro atoms. The van der Waals surface area contributed by atoms with Gasteiger partial charge in [0.05, 0.1) is 6.61 Å². The van der Waals surface area contributed by atoms with Crippen LogP contribution in [-0.4, -0.2) is 28.1 Å². The van der Waals surface area contributed by atoms with E-state index < -0.39 is 12.1 Å². The second kappa shape index (κ2) is 6.76. The van der Waals surface area contributed by atoms with E-state index in [-0.39, 0.29) is 18.4 Å². The van der Waals surface area contributed by atoms with E-state index in [0.717, 1.165) is 24.0 Å². The van der Waals surface area contributed by atoms with E-state index in [0.29, 0.717) is 23.7 Å². The Morgan fingerprint density at radius 3 is 2.73 bits per heavy atom. The summed E-state index contributed by atoms with van der Waals surface area (Å²) >= 11 is 0. The third kappa shape index (κ3) is 3.67. The van der Waals surface area contributed by atoms with Gasteiger partial charge < -0.3 is 19.9 Å².